The van der Waals surface area contributed by atoms with Gasteiger partial charge in [0.05, 0.1) is 0 Å². The molecule has 104 valence electrons. The fraction of sp³-hybridized carbons (Fsp3) is 0.438. The molecule has 0 fully saturated rings. The molecule has 2 aromatic rings. The minimum Gasteiger partial charge on any atom is -0.358 e. The van der Waals surface area contributed by atoms with Crippen LogP contribution in [-0.2, 0) is 0 Å². The maximum absolute atomic E-state index is 11.8. The minimum atomic E-state index is 0.0348. The Kier molecular flexibility index (Phi) is 5.16. The molecule has 0 bridgehead atoms. The van der Waals surface area contributed by atoms with Crippen LogP contribution in [0, 0.1) is 0 Å². The Bertz CT molecular complexity index is 553. The number of hydrogen-bond donors (Lipinski definition) is 1. The number of nitrogens with one attached hydrogen (secondary N) is 1. The Morgan fingerprint density at radius 2 is 1.79 bits per heavy atom. The van der Waals surface area contributed by atoms with Gasteiger partial charge in [-0.3, -0.25) is 4.79 Å². The molecule has 3 heteroatoms. The highest BCUT2D eigenvalue weighted by Crippen LogP contribution is 2.22. The maximum atomic E-state index is 11.8. The first-order valence-corrected chi connectivity index (χ1v) is 6.83. The van der Waals surface area contributed by atoms with Gasteiger partial charge in [0.1, 0.15) is 0 Å². The van der Waals surface area contributed by atoms with Crippen LogP contribution in [0.4, 0.5) is 0 Å². The fourth-order valence-corrected chi connectivity index (χ4v) is 1.85. The molecule has 0 saturated heterocycles. The van der Waals surface area contributed by atoms with Gasteiger partial charge >= 0.3 is 0 Å². The molecule has 0 atom stereocenters. The number of aromatic amines is 1. The van der Waals surface area contributed by atoms with Crippen molar-refractivity contribution in [3.63, 3.8) is 0 Å². The number of rotatable bonds is 2. The summed E-state index contributed by atoms with van der Waals surface area (Å²) in [6, 6.07) is 7.94. The average molecular weight is 260 g/mol. The van der Waals surface area contributed by atoms with Crippen molar-refractivity contribution in [2.24, 2.45) is 0 Å². The van der Waals surface area contributed by atoms with Crippen molar-refractivity contribution >= 4 is 16.8 Å². The Morgan fingerprint density at radius 3 is 2.32 bits per heavy atom. The molecule has 1 aromatic heterocycles. The van der Waals surface area contributed by atoms with E-state index in [2.05, 4.69) is 24.9 Å². The topological polar surface area (TPSA) is 36.1 Å². The first kappa shape index (κ1) is 15.3. The van der Waals surface area contributed by atoms with Gasteiger partial charge in [-0.25, -0.2) is 0 Å². The van der Waals surface area contributed by atoms with Gasteiger partial charge in [0.2, 0.25) is 0 Å². The second kappa shape index (κ2) is 6.41. The van der Waals surface area contributed by atoms with E-state index in [0.717, 1.165) is 16.5 Å². The molecule has 0 unspecified atom stereocenters. The molecule has 1 N–H and O–H groups in total. The smallest absolute Gasteiger partial charge is 0.253 e. The molecule has 0 spiro atoms. The zero-order valence-corrected chi connectivity index (χ0v) is 12.7. The van der Waals surface area contributed by atoms with E-state index < -0.39 is 0 Å². The highest BCUT2D eigenvalue weighted by Gasteiger charge is 2.10. The second-order valence-corrected chi connectivity index (χ2v) is 4.88. The van der Waals surface area contributed by atoms with Gasteiger partial charge in [-0.2, -0.15) is 0 Å². The number of carbonyl (C=O) groups is 1. The lowest BCUT2D eigenvalue weighted by Gasteiger charge is -2.09. The Balaban J connectivity index is 0.000000861. The van der Waals surface area contributed by atoms with Crippen molar-refractivity contribution in [2.45, 2.75) is 33.6 Å². The van der Waals surface area contributed by atoms with Crippen LogP contribution in [0.2, 0.25) is 0 Å². The van der Waals surface area contributed by atoms with Gasteiger partial charge in [-0.05, 0) is 29.5 Å². The predicted molar refractivity (Wildman–Crippen MR) is 81.8 cm³/mol. The monoisotopic (exact) mass is 260 g/mol. The Morgan fingerprint density at radius 1 is 1.16 bits per heavy atom. The summed E-state index contributed by atoms with van der Waals surface area (Å²) in [4.78, 5) is 16.8. The molecule has 19 heavy (non-hydrogen) atoms. The van der Waals surface area contributed by atoms with Crippen LogP contribution in [0.5, 0.6) is 0 Å². The molecule has 1 amide bonds. The maximum Gasteiger partial charge on any atom is 0.253 e. The third kappa shape index (κ3) is 3.37. The van der Waals surface area contributed by atoms with Crippen LogP contribution in [-0.4, -0.2) is 29.9 Å². The Labute approximate surface area is 115 Å². The van der Waals surface area contributed by atoms with E-state index in [4.69, 9.17) is 0 Å². The predicted octanol–water partition coefficient (Wildman–Crippen LogP) is 4.02. The number of H-pyrrole nitrogens is 1. The summed E-state index contributed by atoms with van der Waals surface area (Å²) in [6.07, 6.45) is 0. The number of benzene rings is 1. The third-order valence-electron chi connectivity index (χ3n) is 2.92. The molecule has 1 aromatic carbocycles. The number of carbonyl (C=O) groups excluding carboxylic acids is 1. The number of amides is 1. The standard InChI is InChI=1S/C14H18N2O.C2H6/c1-9(2)12-7-10-5-6-11(8-13(10)15-12)14(17)16(3)4;1-2/h5-9,15H,1-4H3;1-2H3. The van der Waals surface area contributed by atoms with Crippen LogP contribution < -0.4 is 0 Å². The normalized spacial score (nSPS) is 10.3. The molecule has 0 radical (unpaired) electrons. The van der Waals surface area contributed by atoms with Crippen molar-refractivity contribution in [1.82, 2.24) is 9.88 Å². The first-order chi connectivity index (χ1) is 8.99. The number of nitrogens with zero attached hydrogens (tertiary/aromatic N) is 1. The fourth-order valence-electron chi connectivity index (χ4n) is 1.85. The van der Waals surface area contributed by atoms with E-state index in [0.29, 0.717) is 5.92 Å². The first-order valence-electron chi connectivity index (χ1n) is 6.83. The van der Waals surface area contributed by atoms with Crippen molar-refractivity contribution < 1.29 is 4.79 Å². The summed E-state index contributed by atoms with van der Waals surface area (Å²) in [5.74, 6) is 0.503. The Hall–Kier alpha value is -1.77. The summed E-state index contributed by atoms with van der Waals surface area (Å²) in [7, 11) is 3.53. The zero-order valence-electron chi connectivity index (χ0n) is 12.7. The van der Waals surface area contributed by atoms with Gasteiger partial charge in [-0.1, -0.05) is 33.8 Å². The summed E-state index contributed by atoms with van der Waals surface area (Å²) in [6.45, 7) is 8.30. The van der Waals surface area contributed by atoms with Gasteiger partial charge in [0, 0.05) is 30.9 Å². The molecule has 1 heterocycles. The summed E-state index contributed by atoms with van der Waals surface area (Å²) in [5.41, 5.74) is 2.95. The lowest BCUT2D eigenvalue weighted by molar-refractivity contribution is 0.0828. The highest BCUT2D eigenvalue weighted by atomic mass is 16.2. The molecule has 2 rings (SSSR count). The lowest BCUT2D eigenvalue weighted by atomic mass is 10.1. The van der Waals surface area contributed by atoms with Crippen molar-refractivity contribution in [3.8, 4) is 0 Å². The van der Waals surface area contributed by atoms with Gasteiger partial charge in [0.15, 0.2) is 0 Å². The SMILES string of the molecule is CC.CC(C)c1cc2ccc(C(=O)N(C)C)cc2[nH]1. The molecular formula is C16H24N2O. The van der Waals surface area contributed by atoms with Gasteiger partial charge < -0.3 is 9.88 Å². The third-order valence-corrected chi connectivity index (χ3v) is 2.92. The number of aromatic nitrogens is 1. The van der Waals surface area contributed by atoms with Crippen molar-refractivity contribution in [1.29, 1.82) is 0 Å². The molecule has 0 saturated carbocycles. The van der Waals surface area contributed by atoms with Gasteiger partial charge in [0.25, 0.3) is 5.91 Å². The number of hydrogen-bond acceptors (Lipinski definition) is 1. The number of fused-ring (bicyclic) bond motifs is 1. The molecule has 0 aliphatic heterocycles. The molecule has 0 aliphatic rings. The lowest BCUT2D eigenvalue weighted by Crippen LogP contribution is -2.21. The molecular weight excluding hydrogens is 236 g/mol. The van der Waals surface area contributed by atoms with E-state index in [1.165, 1.54) is 5.69 Å². The second-order valence-electron chi connectivity index (χ2n) is 4.88. The van der Waals surface area contributed by atoms with Crippen LogP contribution in [0.25, 0.3) is 10.9 Å². The van der Waals surface area contributed by atoms with Crippen LogP contribution in [0.3, 0.4) is 0 Å². The summed E-state index contributed by atoms with van der Waals surface area (Å²) < 4.78 is 0. The molecule has 3 nitrogen and oxygen atoms in total. The van der Waals surface area contributed by atoms with E-state index in [9.17, 15) is 4.79 Å². The van der Waals surface area contributed by atoms with Crippen molar-refractivity contribution in [2.75, 3.05) is 14.1 Å². The molecule has 0 aliphatic carbocycles. The van der Waals surface area contributed by atoms with Crippen LogP contribution in [0.15, 0.2) is 24.3 Å². The largest absolute Gasteiger partial charge is 0.358 e. The van der Waals surface area contributed by atoms with E-state index in [1.807, 2.05) is 32.0 Å². The van der Waals surface area contributed by atoms with E-state index in [1.54, 1.807) is 19.0 Å². The zero-order chi connectivity index (χ0) is 14.6. The van der Waals surface area contributed by atoms with Gasteiger partial charge in [-0.15, -0.1) is 0 Å². The van der Waals surface area contributed by atoms with E-state index in [-0.39, 0.29) is 5.91 Å². The van der Waals surface area contributed by atoms with Crippen molar-refractivity contribution in [3.05, 3.63) is 35.5 Å². The quantitative estimate of drug-likeness (QED) is 0.869. The highest BCUT2D eigenvalue weighted by molar-refractivity contribution is 5.97. The van der Waals surface area contributed by atoms with Crippen LogP contribution >= 0.6 is 0 Å². The minimum absolute atomic E-state index is 0.0348. The van der Waals surface area contributed by atoms with E-state index >= 15 is 0 Å². The van der Waals surface area contributed by atoms with Crippen LogP contribution in [0.1, 0.15) is 49.7 Å². The summed E-state index contributed by atoms with van der Waals surface area (Å²) in [5, 5.41) is 1.16. The average Bonchev–Trinajstić information content (AvgIpc) is 2.83. The summed E-state index contributed by atoms with van der Waals surface area (Å²) >= 11 is 0.